The van der Waals surface area contributed by atoms with E-state index in [1.807, 2.05) is 19.1 Å². The number of hydrogen-bond acceptors (Lipinski definition) is 4. The van der Waals surface area contributed by atoms with Gasteiger partial charge in [0.25, 0.3) is 0 Å². The van der Waals surface area contributed by atoms with Crippen LogP contribution in [0, 0.1) is 12.8 Å². The van der Waals surface area contributed by atoms with Gasteiger partial charge in [0.2, 0.25) is 5.91 Å². The molecule has 0 saturated heterocycles. The number of hydrogen-bond donors (Lipinski definition) is 3. The van der Waals surface area contributed by atoms with Crippen molar-refractivity contribution in [2.45, 2.75) is 38.4 Å². The fourth-order valence-electron chi connectivity index (χ4n) is 2.00. The molecular weight excluding hydrogens is 345 g/mol. The predicted molar refractivity (Wildman–Crippen MR) is 78.7 cm³/mol. The van der Waals surface area contributed by atoms with E-state index in [9.17, 15) is 22.8 Å². The summed E-state index contributed by atoms with van der Waals surface area (Å²) in [5, 5.41) is 18.7. The molecule has 3 N–H and O–H groups in total. The molecule has 0 atom stereocenters. The number of aliphatic carboxylic acids is 2. The number of nitrogens with zero attached hydrogens (tertiary/aromatic N) is 1. The van der Waals surface area contributed by atoms with Crippen LogP contribution >= 0.6 is 0 Å². The van der Waals surface area contributed by atoms with Gasteiger partial charge in [-0.05, 0) is 31.4 Å². The highest BCUT2D eigenvalue weighted by atomic mass is 19.4. The Bertz CT molecular complexity index is 625. The topological polar surface area (TPSA) is 117 Å². The number of rotatable bonds is 4. The molecule has 0 bridgehead atoms. The van der Waals surface area contributed by atoms with Crippen LogP contribution in [0.4, 0.5) is 13.2 Å². The van der Waals surface area contributed by atoms with E-state index in [0.717, 1.165) is 11.3 Å². The van der Waals surface area contributed by atoms with Crippen molar-refractivity contribution in [2.75, 3.05) is 0 Å². The number of aromatic nitrogens is 1. The maximum atomic E-state index is 11.7. The number of nitrogens with one attached hydrogen (secondary N) is 1. The highest BCUT2D eigenvalue weighted by Crippen LogP contribution is 2.27. The SMILES string of the molecule is Cc1ccc(CC(=O)NC2CC(C(=O)O)C2)cn1.O=C(O)C(F)(F)F. The zero-order chi connectivity index (χ0) is 19.2. The standard InChI is InChI=1S/C13H16N2O3.C2HF3O2/c1-8-2-3-9(7-14-8)4-12(16)15-11-5-10(6-11)13(17)18;3-2(4,5)1(6)7/h2-3,7,10-11H,4-6H2,1H3,(H,15,16)(H,17,18);(H,6,7). The molecule has 1 aliphatic rings. The van der Waals surface area contributed by atoms with Crippen molar-refractivity contribution in [1.82, 2.24) is 10.3 Å². The number of amides is 1. The number of carboxylic acids is 2. The van der Waals surface area contributed by atoms with Gasteiger partial charge in [-0.2, -0.15) is 13.2 Å². The van der Waals surface area contributed by atoms with Gasteiger partial charge in [0.15, 0.2) is 0 Å². The van der Waals surface area contributed by atoms with Crippen LogP contribution in [-0.4, -0.2) is 45.3 Å². The third-order valence-corrected chi connectivity index (χ3v) is 3.43. The van der Waals surface area contributed by atoms with Crippen LogP contribution in [0.3, 0.4) is 0 Å². The van der Waals surface area contributed by atoms with E-state index in [-0.39, 0.29) is 17.9 Å². The molecule has 1 aliphatic carbocycles. The summed E-state index contributed by atoms with van der Waals surface area (Å²) in [6, 6.07) is 3.76. The fraction of sp³-hybridized carbons (Fsp3) is 0.467. The van der Waals surface area contributed by atoms with Crippen molar-refractivity contribution in [1.29, 1.82) is 0 Å². The average molecular weight is 362 g/mol. The summed E-state index contributed by atoms with van der Waals surface area (Å²) in [6.45, 7) is 1.89. The Morgan fingerprint density at radius 1 is 1.24 bits per heavy atom. The summed E-state index contributed by atoms with van der Waals surface area (Å²) in [5.41, 5.74) is 1.79. The minimum atomic E-state index is -5.08. The molecule has 0 aromatic carbocycles. The molecule has 7 nitrogen and oxygen atoms in total. The zero-order valence-corrected chi connectivity index (χ0v) is 13.2. The lowest BCUT2D eigenvalue weighted by molar-refractivity contribution is -0.192. The minimum absolute atomic E-state index is 0.0111. The smallest absolute Gasteiger partial charge is 0.481 e. The molecule has 0 radical (unpaired) electrons. The van der Waals surface area contributed by atoms with Crippen LogP contribution in [0.2, 0.25) is 0 Å². The first-order chi connectivity index (χ1) is 11.5. The quantitative estimate of drug-likeness (QED) is 0.748. The molecule has 1 fully saturated rings. The Hall–Kier alpha value is -2.65. The van der Waals surface area contributed by atoms with Crippen LogP contribution in [-0.2, 0) is 20.8 Å². The Balaban J connectivity index is 0.000000381. The van der Waals surface area contributed by atoms with Crippen LogP contribution in [0.1, 0.15) is 24.1 Å². The van der Waals surface area contributed by atoms with Gasteiger partial charge in [0.1, 0.15) is 0 Å². The maximum absolute atomic E-state index is 11.7. The largest absolute Gasteiger partial charge is 0.490 e. The summed E-state index contributed by atoms with van der Waals surface area (Å²) >= 11 is 0. The van der Waals surface area contributed by atoms with Crippen molar-refractivity contribution in [3.63, 3.8) is 0 Å². The molecule has 1 aromatic heterocycles. The highest BCUT2D eigenvalue weighted by molar-refractivity contribution is 5.79. The second kappa shape index (κ2) is 8.45. The van der Waals surface area contributed by atoms with Gasteiger partial charge in [0, 0.05) is 17.9 Å². The molecule has 1 heterocycles. The van der Waals surface area contributed by atoms with Crippen LogP contribution in [0.15, 0.2) is 18.3 Å². The monoisotopic (exact) mass is 362 g/mol. The Labute approximate surface area is 140 Å². The zero-order valence-electron chi connectivity index (χ0n) is 13.2. The van der Waals surface area contributed by atoms with Crippen molar-refractivity contribution in [3.05, 3.63) is 29.6 Å². The molecule has 1 amide bonds. The van der Waals surface area contributed by atoms with Gasteiger partial charge in [-0.1, -0.05) is 6.07 Å². The van der Waals surface area contributed by atoms with Crippen molar-refractivity contribution < 1.29 is 37.8 Å². The number of aryl methyl sites for hydroxylation is 1. The van der Waals surface area contributed by atoms with Crippen LogP contribution < -0.4 is 5.32 Å². The molecule has 0 aliphatic heterocycles. The van der Waals surface area contributed by atoms with Gasteiger partial charge in [-0.25, -0.2) is 4.79 Å². The predicted octanol–water partition coefficient (Wildman–Crippen LogP) is 1.55. The minimum Gasteiger partial charge on any atom is -0.481 e. The van der Waals surface area contributed by atoms with Gasteiger partial charge in [-0.3, -0.25) is 14.6 Å². The highest BCUT2D eigenvalue weighted by Gasteiger charge is 2.38. The number of carboxylic acid groups (broad SMARTS) is 2. The Morgan fingerprint density at radius 2 is 1.80 bits per heavy atom. The summed E-state index contributed by atoms with van der Waals surface area (Å²) in [7, 11) is 0. The van der Waals surface area contributed by atoms with Crippen molar-refractivity contribution in [3.8, 4) is 0 Å². The second-order valence-corrected chi connectivity index (χ2v) is 5.56. The number of carbonyl (C=O) groups is 3. The van der Waals surface area contributed by atoms with E-state index in [1.54, 1.807) is 6.20 Å². The molecule has 2 rings (SSSR count). The van der Waals surface area contributed by atoms with Crippen molar-refractivity contribution >= 4 is 17.8 Å². The molecule has 25 heavy (non-hydrogen) atoms. The van der Waals surface area contributed by atoms with Gasteiger partial charge in [-0.15, -0.1) is 0 Å². The fourth-order valence-corrected chi connectivity index (χ4v) is 2.00. The van der Waals surface area contributed by atoms with E-state index < -0.39 is 18.1 Å². The summed E-state index contributed by atoms with van der Waals surface area (Å²) in [4.78, 5) is 35.3. The summed E-state index contributed by atoms with van der Waals surface area (Å²) in [5.74, 6) is -3.90. The van der Waals surface area contributed by atoms with Gasteiger partial charge < -0.3 is 15.5 Å². The molecule has 138 valence electrons. The molecule has 1 aromatic rings. The first-order valence-electron chi connectivity index (χ1n) is 7.23. The molecule has 10 heteroatoms. The maximum Gasteiger partial charge on any atom is 0.490 e. The lowest BCUT2D eigenvalue weighted by Gasteiger charge is -2.32. The summed E-state index contributed by atoms with van der Waals surface area (Å²) < 4.78 is 31.7. The molecule has 0 unspecified atom stereocenters. The normalized spacial score (nSPS) is 19.0. The number of halogens is 3. The van der Waals surface area contributed by atoms with Crippen LogP contribution in [0.5, 0.6) is 0 Å². The number of alkyl halides is 3. The second-order valence-electron chi connectivity index (χ2n) is 5.56. The molecule has 0 spiro atoms. The summed E-state index contributed by atoms with van der Waals surface area (Å²) in [6.07, 6.45) is -2.03. The lowest BCUT2D eigenvalue weighted by Crippen LogP contribution is -2.47. The van der Waals surface area contributed by atoms with Crippen molar-refractivity contribution in [2.24, 2.45) is 5.92 Å². The van der Waals surface area contributed by atoms with E-state index >= 15 is 0 Å². The average Bonchev–Trinajstić information content (AvgIpc) is 2.44. The lowest BCUT2D eigenvalue weighted by atomic mass is 9.80. The van der Waals surface area contributed by atoms with Crippen LogP contribution in [0.25, 0.3) is 0 Å². The third kappa shape index (κ3) is 7.19. The van der Waals surface area contributed by atoms with E-state index in [1.165, 1.54) is 0 Å². The first kappa shape index (κ1) is 20.4. The number of pyridine rings is 1. The Kier molecular flexibility index (Phi) is 6.89. The van der Waals surface area contributed by atoms with Gasteiger partial charge >= 0.3 is 18.1 Å². The van der Waals surface area contributed by atoms with E-state index in [2.05, 4.69) is 10.3 Å². The molecular formula is C15H17F3N2O5. The number of carbonyl (C=O) groups excluding carboxylic acids is 1. The van der Waals surface area contributed by atoms with E-state index in [4.69, 9.17) is 15.0 Å². The van der Waals surface area contributed by atoms with Gasteiger partial charge in [0.05, 0.1) is 12.3 Å². The first-order valence-corrected chi connectivity index (χ1v) is 7.23. The Morgan fingerprint density at radius 3 is 2.20 bits per heavy atom. The van der Waals surface area contributed by atoms with E-state index in [0.29, 0.717) is 19.3 Å². The molecule has 1 saturated carbocycles. The third-order valence-electron chi connectivity index (χ3n) is 3.43.